The molecule has 3 aromatic heterocycles. The minimum absolute atomic E-state index is 0.185. The Balaban J connectivity index is 1.96. The second-order valence-corrected chi connectivity index (χ2v) is 6.79. The zero-order chi connectivity index (χ0) is 19.3. The highest BCUT2D eigenvalue weighted by molar-refractivity contribution is 6.30. The third-order valence-electron chi connectivity index (χ3n) is 4.74. The molecule has 3 heterocycles. The SMILES string of the molecule is Fc1ccc(C(c2ccccn2)C(c2cccnc2)c2cccnc2Cl)cc1. The molecule has 0 amide bonds. The molecule has 0 aliphatic rings. The summed E-state index contributed by atoms with van der Waals surface area (Å²) in [5.41, 5.74) is 3.66. The molecule has 28 heavy (non-hydrogen) atoms. The maximum absolute atomic E-state index is 13.6. The Labute approximate surface area is 167 Å². The lowest BCUT2D eigenvalue weighted by atomic mass is 9.76. The minimum atomic E-state index is -0.277. The van der Waals surface area contributed by atoms with Crippen LogP contribution in [0.4, 0.5) is 4.39 Å². The van der Waals surface area contributed by atoms with E-state index in [1.54, 1.807) is 30.7 Å². The predicted molar refractivity (Wildman–Crippen MR) is 108 cm³/mol. The van der Waals surface area contributed by atoms with Crippen LogP contribution in [0.5, 0.6) is 0 Å². The van der Waals surface area contributed by atoms with Gasteiger partial charge in [0.2, 0.25) is 0 Å². The molecule has 0 bridgehead atoms. The number of halogens is 2. The van der Waals surface area contributed by atoms with Gasteiger partial charge < -0.3 is 0 Å². The van der Waals surface area contributed by atoms with Crippen LogP contribution in [-0.4, -0.2) is 15.0 Å². The highest BCUT2D eigenvalue weighted by atomic mass is 35.5. The van der Waals surface area contributed by atoms with Gasteiger partial charge in [0.1, 0.15) is 11.0 Å². The van der Waals surface area contributed by atoms with Crippen molar-refractivity contribution in [1.29, 1.82) is 0 Å². The van der Waals surface area contributed by atoms with E-state index < -0.39 is 0 Å². The molecule has 0 saturated carbocycles. The van der Waals surface area contributed by atoms with E-state index in [0.717, 1.165) is 22.4 Å². The average Bonchev–Trinajstić information content (AvgIpc) is 2.75. The smallest absolute Gasteiger partial charge is 0.132 e. The summed E-state index contributed by atoms with van der Waals surface area (Å²) in [5.74, 6) is -0.649. The Hall–Kier alpha value is -3.11. The van der Waals surface area contributed by atoms with E-state index in [9.17, 15) is 4.39 Å². The number of aromatic nitrogens is 3. The van der Waals surface area contributed by atoms with Crippen molar-refractivity contribution in [1.82, 2.24) is 15.0 Å². The number of pyridine rings is 3. The third kappa shape index (κ3) is 3.78. The molecule has 4 rings (SSSR count). The van der Waals surface area contributed by atoms with Crippen LogP contribution in [-0.2, 0) is 0 Å². The van der Waals surface area contributed by atoms with Crippen LogP contribution in [0.2, 0.25) is 5.15 Å². The fourth-order valence-corrected chi connectivity index (χ4v) is 3.74. The van der Waals surface area contributed by atoms with Crippen LogP contribution in [0.15, 0.2) is 91.5 Å². The van der Waals surface area contributed by atoms with Gasteiger partial charge >= 0.3 is 0 Å². The lowest BCUT2D eigenvalue weighted by molar-refractivity contribution is 0.622. The summed E-state index contributed by atoms with van der Waals surface area (Å²) < 4.78 is 13.6. The molecule has 2 atom stereocenters. The standard InChI is InChI=1S/C23H17ClFN3/c24-23-19(6-4-14-28-23)21(17-5-3-12-26-15-17)22(20-7-1-2-13-27-20)16-8-10-18(25)11-9-16/h1-15,21-22H. The Morgan fingerprint density at radius 2 is 1.50 bits per heavy atom. The van der Waals surface area contributed by atoms with Crippen LogP contribution in [0.3, 0.4) is 0 Å². The number of hydrogen-bond acceptors (Lipinski definition) is 3. The summed E-state index contributed by atoms with van der Waals surface area (Å²) in [5, 5.41) is 0.430. The summed E-state index contributed by atoms with van der Waals surface area (Å²) >= 11 is 6.50. The molecular weight excluding hydrogens is 373 g/mol. The molecule has 5 heteroatoms. The van der Waals surface area contributed by atoms with Gasteiger partial charge in [-0.1, -0.05) is 41.9 Å². The highest BCUT2D eigenvalue weighted by Gasteiger charge is 2.31. The van der Waals surface area contributed by atoms with Gasteiger partial charge in [0.25, 0.3) is 0 Å². The predicted octanol–water partition coefficient (Wildman–Crippen LogP) is 5.63. The molecule has 4 aromatic rings. The fraction of sp³-hybridized carbons (Fsp3) is 0.0870. The third-order valence-corrected chi connectivity index (χ3v) is 5.05. The van der Waals surface area contributed by atoms with Gasteiger partial charge in [0, 0.05) is 42.3 Å². The lowest BCUT2D eigenvalue weighted by Crippen LogP contribution is -2.17. The molecular formula is C23H17ClFN3. The molecule has 0 spiro atoms. The van der Waals surface area contributed by atoms with Gasteiger partial charge in [-0.2, -0.15) is 0 Å². The number of hydrogen-bond donors (Lipinski definition) is 0. The highest BCUT2D eigenvalue weighted by Crippen LogP contribution is 2.43. The average molecular weight is 390 g/mol. The summed E-state index contributed by atoms with van der Waals surface area (Å²) in [4.78, 5) is 13.2. The summed E-state index contributed by atoms with van der Waals surface area (Å²) in [6, 6.07) is 20.1. The van der Waals surface area contributed by atoms with Crippen LogP contribution >= 0.6 is 11.6 Å². The maximum atomic E-state index is 13.6. The van der Waals surface area contributed by atoms with E-state index in [-0.39, 0.29) is 17.7 Å². The topological polar surface area (TPSA) is 38.7 Å². The van der Waals surface area contributed by atoms with E-state index in [0.29, 0.717) is 5.15 Å². The summed E-state index contributed by atoms with van der Waals surface area (Å²) in [6.07, 6.45) is 6.99. The van der Waals surface area contributed by atoms with E-state index in [4.69, 9.17) is 11.6 Å². The van der Waals surface area contributed by atoms with Gasteiger partial charge in [-0.15, -0.1) is 0 Å². The first-order chi connectivity index (χ1) is 13.7. The number of benzene rings is 1. The normalized spacial score (nSPS) is 13.1. The largest absolute Gasteiger partial charge is 0.264 e. The number of rotatable bonds is 5. The van der Waals surface area contributed by atoms with Gasteiger partial charge in [0.05, 0.1) is 0 Å². The van der Waals surface area contributed by atoms with E-state index in [1.807, 2.05) is 48.7 Å². The molecule has 0 fully saturated rings. The molecule has 0 N–H and O–H groups in total. The van der Waals surface area contributed by atoms with Gasteiger partial charge in [-0.3, -0.25) is 9.97 Å². The van der Waals surface area contributed by atoms with Crippen molar-refractivity contribution >= 4 is 11.6 Å². The summed E-state index contributed by atoms with van der Waals surface area (Å²) in [7, 11) is 0. The fourth-order valence-electron chi connectivity index (χ4n) is 3.51. The zero-order valence-corrected chi connectivity index (χ0v) is 15.7. The minimum Gasteiger partial charge on any atom is -0.264 e. The van der Waals surface area contributed by atoms with Gasteiger partial charge in [0.15, 0.2) is 0 Å². The molecule has 3 nitrogen and oxygen atoms in total. The van der Waals surface area contributed by atoms with Crippen molar-refractivity contribution in [3.8, 4) is 0 Å². The van der Waals surface area contributed by atoms with Gasteiger partial charge in [-0.25, -0.2) is 9.37 Å². The summed E-state index contributed by atoms with van der Waals surface area (Å²) in [6.45, 7) is 0. The second-order valence-electron chi connectivity index (χ2n) is 6.43. The van der Waals surface area contributed by atoms with Crippen molar-refractivity contribution in [2.45, 2.75) is 11.8 Å². The van der Waals surface area contributed by atoms with Crippen molar-refractivity contribution in [3.63, 3.8) is 0 Å². The van der Waals surface area contributed by atoms with Crippen LogP contribution in [0, 0.1) is 5.82 Å². The molecule has 0 aliphatic heterocycles. The first kappa shape index (κ1) is 18.3. The first-order valence-corrected chi connectivity index (χ1v) is 9.28. The van der Waals surface area contributed by atoms with Crippen LogP contribution < -0.4 is 0 Å². The van der Waals surface area contributed by atoms with Crippen molar-refractivity contribution in [2.24, 2.45) is 0 Å². The second kappa shape index (κ2) is 8.28. The Kier molecular flexibility index (Phi) is 5.40. The quantitative estimate of drug-likeness (QED) is 0.415. The molecule has 0 aliphatic carbocycles. The Morgan fingerprint density at radius 1 is 0.714 bits per heavy atom. The first-order valence-electron chi connectivity index (χ1n) is 8.91. The van der Waals surface area contributed by atoms with Crippen molar-refractivity contribution in [2.75, 3.05) is 0 Å². The molecule has 0 radical (unpaired) electrons. The van der Waals surface area contributed by atoms with Crippen LogP contribution in [0.1, 0.15) is 34.2 Å². The van der Waals surface area contributed by atoms with Crippen LogP contribution in [0.25, 0.3) is 0 Å². The zero-order valence-electron chi connectivity index (χ0n) is 14.9. The van der Waals surface area contributed by atoms with Crippen molar-refractivity contribution in [3.05, 3.63) is 125 Å². The van der Waals surface area contributed by atoms with E-state index in [1.165, 1.54) is 12.1 Å². The Bertz CT molecular complexity index is 1040. The van der Waals surface area contributed by atoms with Gasteiger partial charge in [-0.05, 0) is 53.1 Å². The molecule has 2 unspecified atom stereocenters. The van der Waals surface area contributed by atoms with E-state index >= 15 is 0 Å². The monoisotopic (exact) mass is 389 g/mol. The van der Waals surface area contributed by atoms with Crippen molar-refractivity contribution < 1.29 is 4.39 Å². The van der Waals surface area contributed by atoms with E-state index in [2.05, 4.69) is 15.0 Å². The molecule has 0 saturated heterocycles. The maximum Gasteiger partial charge on any atom is 0.132 e. The number of nitrogens with zero attached hydrogens (tertiary/aromatic N) is 3. The molecule has 138 valence electrons. The lowest BCUT2D eigenvalue weighted by Gasteiger charge is -2.28. The Morgan fingerprint density at radius 3 is 2.18 bits per heavy atom. The molecule has 1 aromatic carbocycles.